The Morgan fingerprint density at radius 3 is 1.25 bits per heavy atom. The van der Waals surface area contributed by atoms with E-state index < -0.39 is 62.1 Å². The van der Waals surface area contributed by atoms with Gasteiger partial charge in [-0.3, -0.25) is 35.1 Å². The number of carbonyl (C=O) groups excluding carboxylic acids is 4. The molecular weight excluding hydrogens is 901 g/mol. The highest BCUT2D eigenvalue weighted by Crippen LogP contribution is 2.43. The minimum atomic E-state index is -2.23. The van der Waals surface area contributed by atoms with Crippen LogP contribution in [-0.4, -0.2) is 59.1 Å². The van der Waals surface area contributed by atoms with Crippen LogP contribution in [0, 0.1) is 47.8 Å². The smallest absolute Gasteiger partial charge is 0.331 e. The van der Waals surface area contributed by atoms with Crippen LogP contribution in [0.5, 0.6) is 0 Å². The molecule has 0 aromatic heterocycles. The lowest BCUT2D eigenvalue weighted by atomic mass is 10.2. The van der Waals surface area contributed by atoms with Crippen molar-refractivity contribution in [3.05, 3.63) is 222 Å². The lowest BCUT2D eigenvalue weighted by Gasteiger charge is -2.28. The molecule has 0 fully saturated rings. The molecule has 0 aliphatic carbocycles. The summed E-state index contributed by atoms with van der Waals surface area (Å²) in [4.78, 5) is 74.2. The van der Waals surface area contributed by atoms with Crippen molar-refractivity contribution in [2.45, 2.75) is 0 Å². The third kappa shape index (κ3) is 15.7. The van der Waals surface area contributed by atoms with Crippen LogP contribution in [0.2, 0.25) is 0 Å². The number of carbonyl (C=O) groups is 3. The Balaban J connectivity index is 0.000000246. The van der Waals surface area contributed by atoms with Crippen LogP contribution in [0.15, 0.2) is 163 Å². The van der Waals surface area contributed by atoms with Crippen molar-refractivity contribution in [1.29, 1.82) is 0 Å². The number of ether oxygens (including phenoxy) is 2. The first kappa shape index (κ1) is 52.4. The topological polar surface area (TPSA) is 229 Å². The molecule has 6 aromatic rings. The molecule has 16 nitrogen and oxygen atoms in total. The molecule has 0 N–H and O–H groups in total. The van der Waals surface area contributed by atoms with E-state index in [4.69, 9.17) is 4.74 Å². The van der Waals surface area contributed by atoms with E-state index in [2.05, 4.69) is 46.1 Å². The van der Waals surface area contributed by atoms with Gasteiger partial charge in [-0.15, -0.1) is 0 Å². The average molecular weight is 937 g/mol. The number of nitrogens with zero attached hydrogens (tertiary/aromatic N) is 4. The highest BCUT2D eigenvalue weighted by Gasteiger charge is 2.26. The molecule has 0 aliphatic heterocycles. The maximum absolute atomic E-state index is 13.1. The van der Waals surface area contributed by atoms with Gasteiger partial charge in [0.25, 0.3) is 0 Å². The largest absolute Gasteiger partial charge is 0.466 e. The molecule has 0 aliphatic rings. The number of hydrogen-bond acceptors (Lipinski definition) is 13. The van der Waals surface area contributed by atoms with Crippen molar-refractivity contribution in [3.63, 3.8) is 0 Å². The van der Waals surface area contributed by atoms with Crippen LogP contribution < -0.4 is 15.9 Å². The first-order valence-electron chi connectivity index (χ1n) is 18.9. The fraction of sp³-hybridized carbons (Fsp3) is 0.0426. The quantitative estimate of drug-likeness (QED) is 0.0164. The molecule has 342 valence electrons. The van der Waals surface area contributed by atoms with Crippen molar-refractivity contribution in [1.82, 2.24) is 0 Å². The van der Waals surface area contributed by atoms with Gasteiger partial charge < -0.3 is 9.47 Å². The van der Waals surface area contributed by atoms with E-state index in [1.54, 1.807) is 5.80 Å². The maximum atomic E-state index is 13.1. The van der Waals surface area contributed by atoms with Gasteiger partial charge in [-0.25, -0.2) is 14.4 Å². The normalized spacial score (nSPS) is 10.3. The first-order valence-corrected chi connectivity index (χ1v) is 20.7. The van der Waals surface area contributed by atoms with Crippen molar-refractivity contribution >= 4 is 82.1 Å². The molecule has 0 bridgehead atoms. The van der Waals surface area contributed by atoms with E-state index in [0.29, 0.717) is 17.4 Å². The Kier molecular flexibility index (Phi) is 20.8. The number of methoxy groups -OCH3 is 2. The van der Waals surface area contributed by atoms with Crippen molar-refractivity contribution in [3.8, 4) is 0 Å². The van der Waals surface area contributed by atoms with Gasteiger partial charge in [0.2, 0.25) is 23.5 Å². The van der Waals surface area contributed by atoms with Gasteiger partial charge in [-0.05, 0) is 82.5 Å². The molecule has 0 spiro atoms. The Morgan fingerprint density at radius 1 is 0.567 bits per heavy atom. The van der Waals surface area contributed by atoms with Crippen LogP contribution in [0.1, 0.15) is 21.5 Å². The van der Waals surface area contributed by atoms with Crippen LogP contribution in [0.3, 0.4) is 0 Å². The van der Waals surface area contributed by atoms with Gasteiger partial charge >= 0.3 is 29.0 Å². The predicted molar refractivity (Wildman–Crippen MR) is 246 cm³/mol. The van der Waals surface area contributed by atoms with Gasteiger partial charge in [-0.2, -0.15) is 18.2 Å². The number of benzene rings is 6. The number of aldehydes is 1. The lowest BCUT2D eigenvalue weighted by molar-refractivity contribution is -0.387. The summed E-state index contributed by atoms with van der Waals surface area (Å²) in [6.07, 6.45) is 6.54. The van der Waals surface area contributed by atoms with E-state index in [1.165, 1.54) is 50.7 Å². The molecule has 67 heavy (non-hydrogen) atoms. The number of aliphatic imine (C=N–C) groups is 1. The van der Waals surface area contributed by atoms with E-state index >= 15 is 0 Å². The molecule has 0 saturated heterocycles. The maximum Gasteiger partial charge on any atom is 0.331 e. The number of hydrogen-bond donors (Lipinski definition) is 0. The third-order valence-electron chi connectivity index (χ3n) is 8.64. The molecule has 0 atom stereocenters. The second-order valence-electron chi connectivity index (χ2n) is 12.8. The highest BCUT2D eigenvalue weighted by molar-refractivity contribution is 7.95. The molecule has 0 heterocycles. The second-order valence-corrected chi connectivity index (χ2v) is 16.0. The van der Waals surface area contributed by atoms with E-state index in [0.717, 1.165) is 64.6 Å². The fourth-order valence-corrected chi connectivity index (χ4v) is 9.24. The average Bonchev–Trinajstić information content (AvgIpc) is 3.33. The standard InChI is InChI=1S/C21H19O2P.C10H8FNO4.C9H5FN2O3.C7H4FNO3/c1-23-21(22)17-24(18-11-5-2-6-12-18,19-13-7-3-8-14-19)20-15-9-4-10-16-20;1-16-10(13)5-3-7-2-4-9(12(14)15)8(11)6-7;10-8-5-7(3-4-11-6-13)1-2-9(8)12(14)15;8-6-3-5(4-10)1-2-7(6)9(11)12/h2-17H,1H3;2-6H,1H3;1-5H;1-4H/b;5-3+;4-3+;. The molecule has 0 radical (unpaired) electrons. The van der Waals surface area contributed by atoms with Gasteiger partial charge in [-0.1, -0.05) is 91.0 Å². The molecule has 6 rings (SSSR count). The molecule has 6 aromatic carbocycles. The Hall–Kier alpha value is -8.92. The summed E-state index contributed by atoms with van der Waals surface area (Å²) in [7, 11) is 2.64. The fourth-order valence-electron chi connectivity index (χ4n) is 5.55. The predicted octanol–water partition coefficient (Wildman–Crippen LogP) is 8.46. The van der Waals surface area contributed by atoms with Crippen LogP contribution >= 0.6 is 6.89 Å². The number of rotatable bonds is 12. The SMILES string of the molecule is COC(=O)/C=C/c1ccc([N+](=O)[O-])c(F)c1.COC(=O)C=P(c1ccccc1)(c1ccccc1)c1ccccc1.O=C=N/C=C/c1ccc([N+](=O)[O-])c(F)c1.O=Cc1ccc([N+](=O)[O-])c(F)c1. The van der Waals surface area contributed by atoms with E-state index in [1.807, 2.05) is 54.6 Å². The van der Waals surface area contributed by atoms with Gasteiger partial charge in [0.1, 0.15) is 6.29 Å². The van der Waals surface area contributed by atoms with E-state index in [-0.39, 0.29) is 11.5 Å². The minimum Gasteiger partial charge on any atom is -0.466 e. The first-order chi connectivity index (χ1) is 32.1. The molecule has 0 saturated carbocycles. The Bertz CT molecular complexity index is 2770. The van der Waals surface area contributed by atoms with Crippen LogP contribution in [0.4, 0.5) is 30.2 Å². The van der Waals surface area contributed by atoms with Crippen LogP contribution in [0.25, 0.3) is 12.2 Å². The zero-order valence-corrected chi connectivity index (χ0v) is 36.0. The molecule has 20 heteroatoms. The molecule has 0 amide bonds. The zero-order valence-electron chi connectivity index (χ0n) is 35.1. The summed E-state index contributed by atoms with van der Waals surface area (Å²) in [5.41, 5.74) is -1.02. The zero-order chi connectivity index (χ0) is 49.4. The molecule has 0 unspecified atom stereocenters. The third-order valence-corrected chi connectivity index (χ3v) is 12.6. The van der Waals surface area contributed by atoms with Crippen molar-refractivity contribution in [2.75, 3.05) is 14.2 Å². The Morgan fingerprint density at radius 2 is 0.925 bits per heavy atom. The van der Waals surface area contributed by atoms with Crippen LogP contribution in [-0.2, 0) is 23.9 Å². The summed E-state index contributed by atoms with van der Waals surface area (Å²) in [5, 5.41) is 34.1. The summed E-state index contributed by atoms with van der Waals surface area (Å²) in [5.74, 6) is -2.00. The Labute approximate surface area is 379 Å². The minimum absolute atomic E-state index is 0.0816. The summed E-state index contributed by atoms with van der Waals surface area (Å²) in [6, 6.07) is 40.3. The van der Waals surface area contributed by atoms with Gasteiger partial charge in [0.05, 0.1) is 29.0 Å². The number of nitro benzene ring substituents is 3. The van der Waals surface area contributed by atoms with Crippen molar-refractivity contribution < 1.29 is 56.6 Å². The summed E-state index contributed by atoms with van der Waals surface area (Å²) in [6.45, 7) is -2.23. The lowest BCUT2D eigenvalue weighted by Crippen LogP contribution is -2.28. The van der Waals surface area contributed by atoms with Gasteiger partial charge in [0.15, 0.2) is 0 Å². The van der Waals surface area contributed by atoms with Crippen molar-refractivity contribution in [2.24, 2.45) is 4.99 Å². The number of halogens is 3. The molecular formula is C47H36F3N4O12P. The van der Waals surface area contributed by atoms with Gasteiger partial charge in [0, 0.05) is 41.8 Å². The number of esters is 2. The van der Waals surface area contributed by atoms with E-state index in [9.17, 15) is 62.7 Å². The number of isocyanates is 1. The monoisotopic (exact) mass is 936 g/mol. The highest BCUT2D eigenvalue weighted by atomic mass is 31.2. The number of nitro groups is 3. The summed E-state index contributed by atoms with van der Waals surface area (Å²) >= 11 is 0. The summed E-state index contributed by atoms with van der Waals surface area (Å²) < 4.78 is 48.2. The second kappa shape index (κ2) is 26.6.